The summed E-state index contributed by atoms with van der Waals surface area (Å²) in [7, 11) is 0. The molecule has 28 heavy (non-hydrogen) atoms. The Hall–Kier alpha value is -2.13. The Bertz CT molecular complexity index is 766. The van der Waals surface area contributed by atoms with Gasteiger partial charge in [0, 0.05) is 12.6 Å². The summed E-state index contributed by atoms with van der Waals surface area (Å²) in [6.45, 7) is 11.5. The number of nitrogens with zero attached hydrogens (tertiary/aromatic N) is 1. The Kier molecular flexibility index (Phi) is 6.56. The van der Waals surface area contributed by atoms with Gasteiger partial charge >= 0.3 is 0 Å². The molecule has 1 amide bonds. The molecule has 3 nitrogen and oxygen atoms in total. The maximum Gasteiger partial charge on any atom is 0.235 e. The fourth-order valence-corrected chi connectivity index (χ4v) is 4.75. The zero-order chi connectivity index (χ0) is 20.1. The summed E-state index contributed by atoms with van der Waals surface area (Å²) in [4.78, 5) is 16.0. The van der Waals surface area contributed by atoms with E-state index in [0.29, 0.717) is 12.6 Å². The second-order valence-electron chi connectivity index (χ2n) is 8.04. The molecule has 0 fully saturated rings. The zero-order valence-corrected chi connectivity index (χ0v) is 17.8. The molecular formula is C25H34N2O. The van der Waals surface area contributed by atoms with E-state index in [1.54, 1.807) is 0 Å². The lowest BCUT2D eigenvalue weighted by molar-refractivity contribution is -0.125. The molecule has 0 aliphatic heterocycles. The topological polar surface area (TPSA) is 32.3 Å². The molecule has 150 valence electrons. The van der Waals surface area contributed by atoms with E-state index < -0.39 is 5.41 Å². The van der Waals surface area contributed by atoms with Crippen molar-refractivity contribution >= 4 is 5.91 Å². The molecule has 0 saturated carbocycles. The van der Waals surface area contributed by atoms with E-state index >= 15 is 0 Å². The minimum absolute atomic E-state index is 0.142. The van der Waals surface area contributed by atoms with Gasteiger partial charge in [-0.15, -0.1) is 0 Å². The number of rotatable bonds is 9. The number of likely N-dealkylation sites (N-methyl/N-ethyl adjacent to an activating group) is 1. The van der Waals surface area contributed by atoms with E-state index in [0.717, 1.165) is 32.4 Å². The van der Waals surface area contributed by atoms with Crippen LogP contribution in [0, 0.1) is 0 Å². The lowest BCUT2D eigenvalue weighted by Crippen LogP contribution is -2.44. The first kappa shape index (κ1) is 20.6. The summed E-state index contributed by atoms with van der Waals surface area (Å²) in [6.07, 6.45) is 2.99. The minimum Gasteiger partial charge on any atom is -0.355 e. The van der Waals surface area contributed by atoms with Crippen LogP contribution in [0.2, 0.25) is 0 Å². The molecule has 2 aromatic carbocycles. The van der Waals surface area contributed by atoms with E-state index in [9.17, 15) is 4.79 Å². The number of hydrogen-bond acceptors (Lipinski definition) is 2. The van der Waals surface area contributed by atoms with E-state index in [2.05, 4.69) is 79.5 Å². The summed E-state index contributed by atoms with van der Waals surface area (Å²) in [5.41, 5.74) is 4.18. The molecule has 0 atom stereocenters. The Morgan fingerprint density at radius 1 is 0.964 bits per heavy atom. The Morgan fingerprint density at radius 2 is 1.54 bits per heavy atom. The first-order valence-corrected chi connectivity index (χ1v) is 10.8. The van der Waals surface area contributed by atoms with Crippen LogP contribution in [-0.2, 0) is 10.2 Å². The van der Waals surface area contributed by atoms with Crippen molar-refractivity contribution in [2.75, 3.05) is 19.6 Å². The van der Waals surface area contributed by atoms with Crippen molar-refractivity contribution in [1.82, 2.24) is 10.2 Å². The van der Waals surface area contributed by atoms with Crippen molar-refractivity contribution in [3.8, 4) is 11.1 Å². The van der Waals surface area contributed by atoms with Gasteiger partial charge in [0.1, 0.15) is 5.41 Å². The third-order valence-corrected chi connectivity index (χ3v) is 6.17. The monoisotopic (exact) mass is 378 g/mol. The predicted molar refractivity (Wildman–Crippen MR) is 118 cm³/mol. The van der Waals surface area contributed by atoms with Crippen molar-refractivity contribution in [2.45, 2.75) is 58.4 Å². The van der Waals surface area contributed by atoms with E-state index in [1.807, 2.05) is 6.92 Å². The fourth-order valence-electron chi connectivity index (χ4n) is 4.75. The first-order valence-electron chi connectivity index (χ1n) is 10.8. The Balaban J connectivity index is 1.92. The smallest absolute Gasteiger partial charge is 0.235 e. The molecular weight excluding hydrogens is 344 g/mol. The van der Waals surface area contributed by atoms with Crippen LogP contribution in [0.25, 0.3) is 11.1 Å². The van der Waals surface area contributed by atoms with Crippen LogP contribution in [0.15, 0.2) is 48.5 Å². The van der Waals surface area contributed by atoms with Crippen molar-refractivity contribution in [1.29, 1.82) is 0 Å². The molecule has 0 bridgehead atoms. The van der Waals surface area contributed by atoms with E-state index in [4.69, 9.17) is 0 Å². The zero-order valence-electron chi connectivity index (χ0n) is 17.8. The average Bonchev–Trinajstić information content (AvgIpc) is 2.99. The molecule has 0 spiro atoms. The predicted octanol–water partition coefficient (Wildman–Crippen LogP) is 4.99. The summed E-state index contributed by atoms with van der Waals surface area (Å²) in [6, 6.07) is 17.5. The van der Waals surface area contributed by atoms with Gasteiger partial charge in [0.25, 0.3) is 0 Å². The fraction of sp³-hybridized carbons (Fsp3) is 0.480. The van der Waals surface area contributed by atoms with Gasteiger partial charge in [-0.05, 0) is 69.0 Å². The maximum atomic E-state index is 13.5. The molecule has 1 aliphatic rings. The molecule has 2 aromatic rings. The summed E-state index contributed by atoms with van der Waals surface area (Å²) in [5.74, 6) is 0.142. The van der Waals surface area contributed by atoms with Gasteiger partial charge < -0.3 is 10.2 Å². The standard InChI is InChI=1S/C25H34N2O/c1-5-26-24(28)25(17-11-12-18-27(6-2)19(3)4)22-15-9-7-13-20(22)21-14-8-10-16-23(21)25/h7-10,13-16,19H,5-6,11-12,17-18H2,1-4H3,(H,26,28). The molecule has 0 heterocycles. The lowest BCUT2D eigenvalue weighted by atomic mass is 9.73. The van der Waals surface area contributed by atoms with Crippen LogP contribution in [0.3, 0.4) is 0 Å². The summed E-state index contributed by atoms with van der Waals surface area (Å²) in [5, 5.41) is 3.14. The number of carbonyl (C=O) groups excluding carboxylic acids is 1. The van der Waals surface area contributed by atoms with Gasteiger partial charge in [-0.2, -0.15) is 0 Å². The highest BCUT2D eigenvalue weighted by molar-refractivity contribution is 6.00. The highest BCUT2D eigenvalue weighted by atomic mass is 16.2. The normalized spacial score (nSPS) is 14.2. The average molecular weight is 379 g/mol. The van der Waals surface area contributed by atoms with Crippen LogP contribution in [0.5, 0.6) is 0 Å². The number of benzene rings is 2. The Labute approximate surface area is 170 Å². The van der Waals surface area contributed by atoms with Gasteiger partial charge in [0.2, 0.25) is 5.91 Å². The minimum atomic E-state index is -0.571. The highest BCUT2D eigenvalue weighted by Crippen LogP contribution is 2.51. The van der Waals surface area contributed by atoms with Crippen LogP contribution in [-0.4, -0.2) is 36.5 Å². The third kappa shape index (κ3) is 3.60. The highest BCUT2D eigenvalue weighted by Gasteiger charge is 2.48. The van der Waals surface area contributed by atoms with Gasteiger partial charge in [-0.3, -0.25) is 4.79 Å². The molecule has 0 radical (unpaired) electrons. The van der Waals surface area contributed by atoms with Gasteiger partial charge in [0.05, 0.1) is 0 Å². The van der Waals surface area contributed by atoms with Gasteiger partial charge in [-0.25, -0.2) is 0 Å². The number of unbranched alkanes of at least 4 members (excludes halogenated alkanes) is 1. The van der Waals surface area contributed by atoms with Crippen LogP contribution in [0.4, 0.5) is 0 Å². The summed E-state index contributed by atoms with van der Waals surface area (Å²) < 4.78 is 0. The number of carbonyl (C=O) groups is 1. The largest absolute Gasteiger partial charge is 0.355 e. The van der Waals surface area contributed by atoms with Crippen LogP contribution in [0.1, 0.15) is 58.1 Å². The van der Waals surface area contributed by atoms with Gasteiger partial charge in [0.15, 0.2) is 0 Å². The number of fused-ring (bicyclic) bond motifs is 3. The van der Waals surface area contributed by atoms with Gasteiger partial charge in [-0.1, -0.05) is 61.9 Å². The molecule has 1 aliphatic carbocycles. The van der Waals surface area contributed by atoms with E-state index in [-0.39, 0.29) is 5.91 Å². The number of nitrogens with one attached hydrogen (secondary N) is 1. The van der Waals surface area contributed by atoms with Crippen LogP contribution < -0.4 is 5.32 Å². The van der Waals surface area contributed by atoms with Crippen molar-refractivity contribution in [3.05, 3.63) is 59.7 Å². The number of hydrogen-bond donors (Lipinski definition) is 1. The summed E-state index contributed by atoms with van der Waals surface area (Å²) >= 11 is 0. The molecule has 0 saturated heterocycles. The van der Waals surface area contributed by atoms with E-state index in [1.165, 1.54) is 22.3 Å². The van der Waals surface area contributed by atoms with Crippen LogP contribution >= 0.6 is 0 Å². The second-order valence-corrected chi connectivity index (χ2v) is 8.04. The lowest BCUT2D eigenvalue weighted by Gasteiger charge is -2.31. The quantitative estimate of drug-likeness (QED) is 0.624. The Morgan fingerprint density at radius 3 is 2.04 bits per heavy atom. The van der Waals surface area contributed by atoms with Crippen molar-refractivity contribution < 1.29 is 4.79 Å². The van der Waals surface area contributed by atoms with Crippen molar-refractivity contribution in [2.24, 2.45) is 0 Å². The van der Waals surface area contributed by atoms with Crippen molar-refractivity contribution in [3.63, 3.8) is 0 Å². The third-order valence-electron chi connectivity index (χ3n) is 6.17. The SMILES string of the molecule is CCNC(=O)C1(CCCCN(CC)C(C)C)c2ccccc2-c2ccccc21. The molecule has 3 rings (SSSR count). The molecule has 1 N–H and O–H groups in total. The first-order chi connectivity index (χ1) is 13.6. The number of amides is 1. The molecule has 3 heteroatoms. The molecule has 0 unspecified atom stereocenters. The molecule has 0 aromatic heterocycles. The second kappa shape index (κ2) is 8.91. The maximum absolute atomic E-state index is 13.5.